The number of aryl methyl sites for hydroxylation is 1. The first-order valence-electron chi connectivity index (χ1n) is 10.3. The molecule has 0 aliphatic heterocycles. The Balaban J connectivity index is 1.45. The summed E-state index contributed by atoms with van der Waals surface area (Å²) in [5.74, 6) is -1.24. The number of nitrogens with zero attached hydrogens (tertiary/aromatic N) is 6. The Morgan fingerprint density at radius 3 is 2.72 bits per heavy atom. The molecule has 0 saturated heterocycles. The van der Waals surface area contributed by atoms with Crippen LogP contribution in [0, 0.1) is 5.82 Å². The number of halogens is 2. The summed E-state index contributed by atoms with van der Waals surface area (Å²) in [6.07, 6.45) is 1.44. The number of tetrazole rings is 1. The molecule has 1 aromatic carbocycles. The van der Waals surface area contributed by atoms with E-state index in [4.69, 9.17) is 20.9 Å². The zero-order valence-corrected chi connectivity index (χ0v) is 19.9. The molecule has 3 N–H and O–H groups in total. The van der Waals surface area contributed by atoms with Crippen molar-refractivity contribution in [2.24, 2.45) is 7.05 Å². The first-order valence-corrected chi connectivity index (χ1v) is 10.7. The molecule has 186 valence electrons. The zero-order chi connectivity index (χ0) is 25.8. The normalized spacial score (nSPS) is 11.6. The van der Waals surface area contributed by atoms with E-state index in [9.17, 15) is 9.59 Å². The van der Waals surface area contributed by atoms with Crippen molar-refractivity contribution < 1.29 is 23.2 Å². The summed E-state index contributed by atoms with van der Waals surface area (Å²) < 4.78 is 24.6. The van der Waals surface area contributed by atoms with Gasteiger partial charge in [0.05, 0.1) is 37.0 Å². The van der Waals surface area contributed by atoms with Gasteiger partial charge in [-0.25, -0.2) is 14.6 Å². The number of amides is 3. The van der Waals surface area contributed by atoms with E-state index in [0.29, 0.717) is 21.7 Å². The summed E-state index contributed by atoms with van der Waals surface area (Å²) >= 11 is 6.37. The van der Waals surface area contributed by atoms with E-state index >= 15 is 4.39 Å². The number of methoxy groups -OCH3 is 1. The maximum absolute atomic E-state index is 15.0. The Morgan fingerprint density at radius 2 is 2.06 bits per heavy atom. The highest BCUT2D eigenvalue weighted by Gasteiger charge is 2.20. The van der Waals surface area contributed by atoms with E-state index in [0.717, 1.165) is 0 Å². The molecular formula is C21H19ClFN9O4. The molecule has 0 radical (unpaired) electrons. The lowest BCUT2D eigenvalue weighted by Crippen LogP contribution is -2.47. The number of carbonyl (C=O) groups excluding carboxylic acids is 2. The number of urea groups is 1. The lowest BCUT2D eigenvalue weighted by molar-refractivity contribution is 0.0898. The molecule has 0 aliphatic carbocycles. The molecule has 0 saturated carbocycles. The van der Waals surface area contributed by atoms with Crippen LogP contribution in [-0.2, 0) is 7.05 Å². The van der Waals surface area contributed by atoms with Crippen LogP contribution in [0.25, 0.3) is 22.5 Å². The van der Waals surface area contributed by atoms with Gasteiger partial charge in [-0.15, -0.1) is 10.2 Å². The van der Waals surface area contributed by atoms with Crippen molar-refractivity contribution in [3.8, 4) is 28.4 Å². The van der Waals surface area contributed by atoms with E-state index in [1.54, 1.807) is 25.2 Å². The topological polar surface area (TPSA) is 162 Å². The molecule has 0 spiro atoms. The number of benzene rings is 1. The quantitative estimate of drug-likeness (QED) is 0.327. The molecule has 3 heterocycles. The van der Waals surface area contributed by atoms with E-state index in [-0.39, 0.29) is 23.2 Å². The van der Waals surface area contributed by atoms with Gasteiger partial charge in [0, 0.05) is 17.3 Å². The van der Waals surface area contributed by atoms with Crippen LogP contribution in [-0.4, -0.2) is 49.4 Å². The van der Waals surface area contributed by atoms with Crippen molar-refractivity contribution in [1.29, 1.82) is 0 Å². The predicted octanol–water partition coefficient (Wildman–Crippen LogP) is 2.43. The third kappa shape index (κ3) is 5.22. The number of ether oxygens (including phenoxy) is 1. The minimum atomic E-state index is -0.846. The molecule has 15 heteroatoms. The smallest absolute Gasteiger partial charge is 0.334 e. The van der Waals surface area contributed by atoms with Crippen LogP contribution in [0.1, 0.15) is 29.2 Å². The van der Waals surface area contributed by atoms with Gasteiger partial charge in [-0.2, -0.15) is 4.80 Å². The van der Waals surface area contributed by atoms with Gasteiger partial charge in [0.15, 0.2) is 0 Å². The predicted molar refractivity (Wildman–Crippen MR) is 123 cm³/mol. The van der Waals surface area contributed by atoms with Crippen molar-refractivity contribution in [3.63, 3.8) is 0 Å². The largest absolute Gasteiger partial charge is 0.479 e. The molecule has 36 heavy (non-hydrogen) atoms. The number of hydrogen-bond donors (Lipinski definition) is 3. The van der Waals surface area contributed by atoms with Crippen molar-refractivity contribution in [2.45, 2.75) is 13.0 Å². The lowest BCUT2D eigenvalue weighted by atomic mass is 9.99. The molecule has 1 atom stereocenters. The van der Waals surface area contributed by atoms with Crippen LogP contribution in [0.3, 0.4) is 0 Å². The summed E-state index contributed by atoms with van der Waals surface area (Å²) in [6.45, 7) is 1.53. The molecule has 0 aliphatic rings. The van der Waals surface area contributed by atoms with Crippen LogP contribution in [0.2, 0.25) is 5.02 Å². The first kappa shape index (κ1) is 24.5. The first-order chi connectivity index (χ1) is 17.3. The average molecular weight is 516 g/mol. The Labute approximate surface area is 207 Å². The molecule has 13 nitrogen and oxygen atoms in total. The van der Waals surface area contributed by atoms with Crippen molar-refractivity contribution >= 4 is 23.5 Å². The van der Waals surface area contributed by atoms with Gasteiger partial charge in [0.25, 0.3) is 5.88 Å². The van der Waals surface area contributed by atoms with Gasteiger partial charge in [-0.1, -0.05) is 23.7 Å². The second-order valence-electron chi connectivity index (χ2n) is 7.36. The van der Waals surface area contributed by atoms with Crippen LogP contribution < -0.4 is 20.9 Å². The zero-order valence-electron chi connectivity index (χ0n) is 19.1. The molecule has 3 aromatic heterocycles. The molecular weight excluding hydrogens is 497 g/mol. The van der Waals surface area contributed by atoms with E-state index in [1.165, 1.54) is 37.2 Å². The minimum Gasteiger partial charge on any atom is -0.479 e. The highest BCUT2D eigenvalue weighted by Crippen LogP contribution is 2.36. The molecule has 3 amide bonds. The number of hydrazine groups is 1. The molecule has 4 rings (SSSR count). The fourth-order valence-corrected chi connectivity index (χ4v) is 3.49. The second kappa shape index (κ2) is 10.4. The highest BCUT2D eigenvalue weighted by atomic mass is 35.5. The van der Waals surface area contributed by atoms with Crippen LogP contribution in [0.5, 0.6) is 5.88 Å². The average Bonchev–Trinajstić information content (AvgIpc) is 3.51. The Morgan fingerprint density at radius 1 is 1.25 bits per heavy atom. The standard InChI is InChI=1S/C21H19ClFN9O4/c1-10(25-21(34)28-27-20(33)15-8-16(35-3)30-36-15)18-14(23)7-11(9-24-18)12-5-4-6-13(22)17(12)19-26-31-32(2)29-19/h4-10H,1-3H3,(H,27,33)(H2,25,28,34)/t10-/m1/s1. The monoisotopic (exact) mass is 515 g/mol. The number of carbonyl (C=O) groups is 2. The third-order valence-electron chi connectivity index (χ3n) is 4.89. The fourth-order valence-electron chi connectivity index (χ4n) is 3.23. The van der Waals surface area contributed by atoms with Crippen LogP contribution in [0.4, 0.5) is 9.18 Å². The number of pyridine rings is 1. The summed E-state index contributed by atoms with van der Waals surface area (Å²) in [4.78, 5) is 29.6. The summed E-state index contributed by atoms with van der Waals surface area (Å²) in [7, 11) is 2.97. The Bertz CT molecular complexity index is 1420. The summed E-state index contributed by atoms with van der Waals surface area (Å²) in [5.41, 5.74) is 5.70. The fraction of sp³-hybridized carbons (Fsp3) is 0.190. The lowest BCUT2D eigenvalue weighted by Gasteiger charge is -2.16. The number of nitrogens with one attached hydrogen (secondary N) is 3. The van der Waals surface area contributed by atoms with Crippen LogP contribution >= 0.6 is 11.6 Å². The molecule has 0 bridgehead atoms. The maximum atomic E-state index is 15.0. The van der Waals surface area contributed by atoms with Gasteiger partial charge in [0.2, 0.25) is 11.6 Å². The van der Waals surface area contributed by atoms with Gasteiger partial charge in [0.1, 0.15) is 5.82 Å². The molecule has 4 aromatic rings. The highest BCUT2D eigenvalue weighted by molar-refractivity contribution is 6.33. The van der Waals surface area contributed by atoms with E-state index in [1.807, 2.05) is 0 Å². The summed E-state index contributed by atoms with van der Waals surface area (Å²) in [5, 5.41) is 18.3. The Hall–Kier alpha value is -4.59. The maximum Gasteiger partial charge on any atom is 0.334 e. The SMILES string of the molecule is COc1cc(C(=O)NNC(=O)N[C@H](C)c2ncc(-c3cccc(Cl)c3-c3nnn(C)n3)cc2F)on1. The van der Waals surface area contributed by atoms with E-state index < -0.39 is 23.8 Å². The number of hydrogen-bond acceptors (Lipinski definition) is 9. The second-order valence-corrected chi connectivity index (χ2v) is 7.77. The molecule has 0 unspecified atom stereocenters. The van der Waals surface area contributed by atoms with E-state index in [2.05, 4.69) is 41.7 Å². The van der Waals surface area contributed by atoms with Crippen LogP contribution in [0.15, 0.2) is 41.1 Å². The number of rotatable bonds is 6. The Kier molecular flexibility index (Phi) is 7.05. The minimum absolute atomic E-state index is 0.0265. The summed E-state index contributed by atoms with van der Waals surface area (Å²) in [6, 6.07) is 5.96. The van der Waals surface area contributed by atoms with Crippen molar-refractivity contribution in [2.75, 3.05) is 7.11 Å². The van der Waals surface area contributed by atoms with Crippen molar-refractivity contribution in [1.82, 2.24) is 46.5 Å². The van der Waals surface area contributed by atoms with Gasteiger partial charge >= 0.3 is 11.9 Å². The molecule has 0 fully saturated rings. The number of aromatic nitrogens is 6. The van der Waals surface area contributed by atoms with Gasteiger partial charge in [-0.3, -0.25) is 15.2 Å². The van der Waals surface area contributed by atoms with Gasteiger partial charge in [-0.05, 0) is 35.0 Å². The third-order valence-corrected chi connectivity index (χ3v) is 5.21. The van der Waals surface area contributed by atoms with Gasteiger partial charge < -0.3 is 14.6 Å². The van der Waals surface area contributed by atoms with Crippen molar-refractivity contribution in [3.05, 3.63) is 58.8 Å².